The van der Waals surface area contributed by atoms with E-state index in [-0.39, 0.29) is 11.8 Å². The zero-order valence-electron chi connectivity index (χ0n) is 18.6. The minimum Gasteiger partial charge on any atom is -0.339 e. The van der Waals surface area contributed by atoms with Crippen molar-refractivity contribution in [3.05, 3.63) is 12.2 Å². The van der Waals surface area contributed by atoms with Gasteiger partial charge in [-0.15, -0.1) is 0 Å². The first-order chi connectivity index (χ1) is 15.1. The molecule has 0 aromatic heterocycles. The second-order valence-corrected chi connectivity index (χ2v) is 12.2. The maximum Gasteiger partial charge on any atom is 0.259 e. The van der Waals surface area contributed by atoms with E-state index < -0.39 is 44.2 Å². The van der Waals surface area contributed by atoms with Crippen LogP contribution in [0.5, 0.6) is 0 Å². The van der Waals surface area contributed by atoms with Gasteiger partial charge in [-0.3, -0.25) is 19.1 Å². The molecule has 2 aliphatic heterocycles. The van der Waals surface area contributed by atoms with Gasteiger partial charge in [-0.1, -0.05) is 25.0 Å². The van der Waals surface area contributed by atoms with Gasteiger partial charge in [0.15, 0.2) is 0 Å². The third-order valence-electron chi connectivity index (χ3n) is 7.51. The summed E-state index contributed by atoms with van der Waals surface area (Å²) in [5.74, 6) is -1.61. The molecule has 2 aliphatic carbocycles. The molecule has 3 fully saturated rings. The average molecular weight is 467 g/mol. The number of nitrogens with zero attached hydrogens (tertiary/aromatic N) is 1. The Morgan fingerprint density at radius 2 is 1.94 bits per heavy atom. The molecule has 2 saturated carbocycles. The van der Waals surface area contributed by atoms with E-state index in [2.05, 4.69) is 10.0 Å². The van der Waals surface area contributed by atoms with Crippen LogP contribution in [0.15, 0.2) is 12.2 Å². The number of sulfonamides is 1. The van der Waals surface area contributed by atoms with Crippen LogP contribution in [0.3, 0.4) is 0 Å². The molecular formula is C22H34N4O5S. The van der Waals surface area contributed by atoms with Crippen LogP contribution in [0, 0.1) is 5.92 Å². The lowest BCUT2D eigenvalue weighted by Gasteiger charge is -2.28. The largest absolute Gasteiger partial charge is 0.339 e. The van der Waals surface area contributed by atoms with Gasteiger partial charge in [-0.2, -0.15) is 0 Å². The summed E-state index contributed by atoms with van der Waals surface area (Å²) < 4.78 is 26.6. The first-order valence-electron chi connectivity index (χ1n) is 11.7. The highest BCUT2D eigenvalue weighted by Crippen LogP contribution is 2.47. The molecule has 4 atom stereocenters. The minimum absolute atomic E-state index is 0.231. The van der Waals surface area contributed by atoms with E-state index in [1.54, 1.807) is 6.92 Å². The van der Waals surface area contributed by atoms with Crippen molar-refractivity contribution < 1.29 is 22.8 Å². The Morgan fingerprint density at radius 3 is 2.66 bits per heavy atom. The molecule has 0 aromatic rings. The molecule has 32 heavy (non-hydrogen) atoms. The molecule has 4 N–H and O–H groups in total. The smallest absolute Gasteiger partial charge is 0.259 e. The van der Waals surface area contributed by atoms with Crippen molar-refractivity contribution in [2.45, 2.75) is 93.5 Å². The Hall–Kier alpha value is -1.94. The second kappa shape index (κ2) is 8.44. The van der Waals surface area contributed by atoms with Gasteiger partial charge in [0.25, 0.3) is 5.91 Å². The number of carbonyl (C=O) groups is 3. The second-order valence-electron chi connectivity index (χ2n) is 10.0. The number of hydrogen-bond donors (Lipinski definition) is 3. The van der Waals surface area contributed by atoms with Gasteiger partial charge in [0.1, 0.15) is 11.6 Å². The van der Waals surface area contributed by atoms with Crippen LogP contribution in [0.2, 0.25) is 0 Å². The SMILES string of the molecule is CC1(S(=O)(=O)NC(=O)C23CC2C=CCCCCCC(N)C(=O)N2CCCC2C(=O)N3)CC1. The predicted molar refractivity (Wildman–Crippen MR) is 119 cm³/mol. The Labute approximate surface area is 189 Å². The van der Waals surface area contributed by atoms with Crippen LogP contribution in [0.4, 0.5) is 0 Å². The normalized spacial score (nSPS) is 35.1. The van der Waals surface area contributed by atoms with Crippen LogP contribution in [0.25, 0.3) is 0 Å². The zero-order chi connectivity index (χ0) is 23.1. The van der Waals surface area contributed by atoms with E-state index >= 15 is 0 Å². The van der Waals surface area contributed by atoms with E-state index in [9.17, 15) is 22.8 Å². The molecule has 4 rings (SSSR count). The van der Waals surface area contributed by atoms with E-state index in [4.69, 9.17) is 5.73 Å². The molecule has 178 valence electrons. The molecule has 4 aliphatic rings. The van der Waals surface area contributed by atoms with E-state index in [1.807, 2.05) is 12.2 Å². The Bertz CT molecular complexity index is 929. The number of fused-ring (bicyclic) bond motifs is 2. The van der Waals surface area contributed by atoms with E-state index in [0.29, 0.717) is 45.1 Å². The molecule has 9 nitrogen and oxygen atoms in total. The van der Waals surface area contributed by atoms with Gasteiger partial charge in [-0.05, 0) is 58.3 Å². The maximum atomic E-state index is 13.2. The van der Waals surface area contributed by atoms with Gasteiger partial charge >= 0.3 is 0 Å². The van der Waals surface area contributed by atoms with Crippen molar-refractivity contribution >= 4 is 27.7 Å². The van der Waals surface area contributed by atoms with Crippen molar-refractivity contribution in [3.63, 3.8) is 0 Å². The van der Waals surface area contributed by atoms with Crippen molar-refractivity contribution in [2.75, 3.05) is 6.54 Å². The third-order valence-corrected chi connectivity index (χ3v) is 9.67. The summed E-state index contributed by atoms with van der Waals surface area (Å²) in [7, 11) is -3.82. The van der Waals surface area contributed by atoms with Crippen LogP contribution in [0.1, 0.15) is 71.1 Å². The molecule has 4 unspecified atom stereocenters. The van der Waals surface area contributed by atoms with Gasteiger partial charge in [0.2, 0.25) is 21.8 Å². The molecule has 2 heterocycles. The lowest BCUT2D eigenvalue weighted by atomic mass is 10.1. The fourth-order valence-electron chi connectivity index (χ4n) is 4.77. The van der Waals surface area contributed by atoms with Crippen molar-refractivity contribution in [2.24, 2.45) is 11.7 Å². The molecule has 0 aromatic carbocycles. The van der Waals surface area contributed by atoms with Crippen molar-refractivity contribution in [1.29, 1.82) is 0 Å². The van der Waals surface area contributed by atoms with Crippen LogP contribution >= 0.6 is 0 Å². The maximum absolute atomic E-state index is 13.2. The molecule has 3 amide bonds. The lowest BCUT2D eigenvalue weighted by molar-refractivity contribution is -0.140. The number of nitrogens with one attached hydrogen (secondary N) is 2. The van der Waals surface area contributed by atoms with Crippen LogP contribution in [-0.2, 0) is 24.4 Å². The molecule has 0 spiro atoms. The highest BCUT2D eigenvalue weighted by molar-refractivity contribution is 7.91. The summed E-state index contributed by atoms with van der Waals surface area (Å²) >= 11 is 0. The molecule has 0 bridgehead atoms. The fraction of sp³-hybridized carbons (Fsp3) is 0.773. The van der Waals surface area contributed by atoms with Crippen LogP contribution in [-0.4, -0.2) is 60.0 Å². The summed E-state index contributed by atoms with van der Waals surface area (Å²) in [6.07, 6.45) is 10.6. The molecule has 10 heteroatoms. The summed E-state index contributed by atoms with van der Waals surface area (Å²) in [6.45, 7) is 2.07. The van der Waals surface area contributed by atoms with Gasteiger partial charge in [0, 0.05) is 12.5 Å². The summed E-state index contributed by atoms with van der Waals surface area (Å²) in [4.78, 5) is 40.8. The zero-order valence-corrected chi connectivity index (χ0v) is 19.5. The highest BCUT2D eigenvalue weighted by atomic mass is 32.2. The third kappa shape index (κ3) is 4.31. The number of carbonyl (C=O) groups excluding carboxylic acids is 3. The minimum atomic E-state index is -3.82. The van der Waals surface area contributed by atoms with Crippen molar-refractivity contribution in [3.8, 4) is 0 Å². The monoisotopic (exact) mass is 466 g/mol. The topological polar surface area (TPSA) is 139 Å². The number of nitrogens with two attached hydrogens (primary N) is 1. The Balaban J connectivity index is 1.57. The highest BCUT2D eigenvalue weighted by Gasteiger charge is 2.62. The quantitative estimate of drug-likeness (QED) is 0.523. The molecular weight excluding hydrogens is 432 g/mol. The van der Waals surface area contributed by atoms with E-state index in [0.717, 1.165) is 25.7 Å². The average Bonchev–Trinajstić information content (AvgIpc) is 3.59. The predicted octanol–water partition coefficient (Wildman–Crippen LogP) is 0.698. The summed E-state index contributed by atoms with van der Waals surface area (Å²) in [5.41, 5.74) is 4.82. The van der Waals surface area contributed by atoms with Gasteiger partial charge in [-0.25, -0.2) is 8.42 Å². The van der Waals surface area contributed by atoms with Gasteiger partial charge in [0.05, 0.1) is 10.8 Å². The molecule has 0 radical (unpaired) electrons. The lowest BCUT2D eigenvalue weighted by Crippen LogP contribution is -2.58. The summed E-state index contributed by atoms with van der Waals surface area (Å²) in [5, 5.41) is 2.84. The van der Waals surface area contributed by atoms with Gasteiger partial charge < -0.3 is 16.0 Å². The van der Waals surface area contributed by atoms with E-state index in [1.165, 1.54) is 4.90 Å². The number of amides is 3. The number of hydrogen-bond acceptors (Lipinski definition) is 6. The summed E-state index contributed by atoms with van der Waals surface area (Å²) in [6, 6.07) is -1.33. The number of allylic oxidation sites excluding steroid dienone is 1. The first kappa shape index (κ1) is 23.2. The number of rotatable bonds is 3. The van der Waals surface area contributed by atoms with Crippen molar-refractivity contribution in [1.82, 2.24) is 14.9 Å². The van der Waals surface area contributed by atoms with Crippen LogP contribution < -0.4 is 15.8 Å². The first-order valence-corrected chi connectivity index (χ1v) is 13.2. The Morgan fingerprint density at radius 1 is 1.19 bits per heavy atom. The fourth-order valence-corrected chi connectivity index (χ4v) is 6.08. The Kier molecular flexibility index (Phi) is 6.13. The molecule has 1 saturated heterocycles. The standard InChI is InChI=1S/C22H34N4O5S/c1-21(11-12-21)32(30,31)25-20(29)22-14-15(22)8-5-3-2-4-6-9-16(23)19(28)26-13-7-10-17(26)18(27)24-22/h5,8,15-17H,2-4,6-7,9-14,23H2,1H3,(H,24,27)(H,25,29).